The van der Waals surface area contributed by atoms with Gasteiger partial charge in [-0.3, -0.25) is 4.79 Å². The van der Waals surface area contributed by atoms with E-state index in [1.807, 2.05) is 44.2 Å². The Morgan fingerprint density at radius 2 is 1.71 bits per heavy atom. The minimum Gasteiger partial charge on any atom is -0.490 e. The smallest absolute Gasteiger partial charge is 0.230 e. The lowest BCUT2D eigenvalue weighted by atomic mass is 10.1. The zero-order valence-corrected chi connectivity index (χ0v) is 17.2. The van der Waals surface area contributed by atoms with E-state index in [0.29, 0.717) is 31.1 Å². The average molecular weight is 399 g/mol. The van der Waals surface area contributed by atoms with Gasteiger partial charge < -0.3 is 14.8 Å². The number of nitrogens with one attached hydrogen (secondary N) is 1. The molecule has 28 heavy (non-hydrogen) atoms. The number of nitriles is 1. The molecule has 0 saturated heterocycles. The number of carbonyl (C=O) groups excluding carboxylic acids is 1. The lowest BCUT2D eigenvalue weighted by Gasteiger charge is -2.12. The van der Waals surface area contributed by atoms with Crippen LogP contribution in [0.4, 0.5) is 0 Å². The molecular formula is C22H26N2O3S. The highest BCUT2D eigenvalue weighted by molar-refractivity contribution is 7.99. The van der Waals surface area contributed by atoms with Gasteiger partial charge in [-0.2, -0.15) is 5.26 Å². The van der Waals surface area contributed by atoms with Crippen molar-refractivity contribution in [1.29, 1.82) is 5.26 Å². The fourth-order valence-corrected chi connectivity index (χ4v) is 3.40. The van der Waals surface area contributed by atoms with Gasteiger partial charge in [0.05, 0.1) is 30.6 Å². The van der Waals surface area contributed by atoms with Gasteiger partial charge in [-0.05, 0) is 55.7 Å². The van der Waals surface area contributed by atoms with Crippen LogP contribution in [0.5, 0.6) is 11.5 Å². The van der Waals surface area contributed by atoms with Gasteiger partial charge in [-0.15, -0.1) is 11.8 Å². The van der Waals surface area contributed by atoms with Crippen molar-refractivity contribution < 1.29 is 14.3 Å². The number of ether oxygens (including phenoxy) is 2. The maximum Gasteiger partial charge on any atom is 0.230 e. The molecule has 0 bridgehead atoms. The molecule has 6 heteroatoms. The predicted molar refractivity (Wildman–Crippen MR) is 113 cm³/mol. The quantitative estimate of drug-likeness (QED) is 0.621. The Kier molecular flexibility index (Phi) is 9.23. The van der Waals surface area contributed by atoms with Crippen molar-refractivity contribution in [2.24, 2.45) is 0 Å². The summed E-state index contributed by atoms with van der Waals surface area (Å²) in [5.41, 5.74) is 2.85. The van der Waals surface area contributed by atoms with Crippen molar-refractivity contribution in [1.82, 2.24) is 5.32 Å². The fraction of sp³-hybridized carbons (Fsp3) is 0.364. The van der Waals surface area contributed by atoms with E-state index in [1.54, 1.807) is 23.9 Å². The molecule has 0 aliphatic carbocycles. The number of amides is 1. The van der Waals surface area contributed by atoms with E-state index in [4.69, 9.17) is 14.7 Å². The average Bonchev–Trinajstić information content (AvgIpc) is 2.71. The number of nitrogens with zero attached hydrogens (tertiary/aromatic N) is 1. The summed E-state index contributed by atoms with van der Waals surface area (Å²) >= 11 is 1.56. The molecule has 0 aliphatic rings. The number of thioether (sulfide) groups is 1. The van der Waals surface area contributed by atoms with Crippen LogP contribution >= 0.6 is 11.8 Å². The van der Waals surface area contributed by atoms with Gasteiger partial charge in [-0.25, -0.2) is 0 Å². The standard InChI is InChI=1S/C22H26N2O3S/c1-3-26-20-10-9-17(13-21(20)27-4-2)11-12-24-22(25)16-28-15-19-7-5-18(14-23)6-8-19/h5-10,13H,3-4,11-12,15-16H2,1-2H3,(H,24,25). The molecule has 1 N–H and O–H groups in total. The Morgan fingerprint density at radius 3 is 2.39 bits per heavy atom. The first-order chi connectivity index (χ1) is 13.7. The minimum absolute atomic E-state index is 0.0228. The first kappa shape index (κ1) is 21.6. The van der Waals surface area contributed by atoms with Crippen molar-refractivity contribution in [2.45, 2.75) is 26.0 Å². The van der Waals surface area contributed by atoms with E-state index < -0.39 is 0 Å². The van der Waals surface area contributed by atoms with E-state index in [-0.39, 0.29) is 5.91 Å². The summed E-state index contributed by atoms with van der Waals surface area (Å²) in [7, 11) is 0. The lowest BCUT2D eigenvalue weighted by molar-refractivity contribution is -0.118. The third-order valence-electron chi connectivity index (χ3n) is 3.93. The van der Waals surface area contributed by atoms with E-state index >= 15 is 0 Å². The minimum atomic E-state index is 0.0228. The van der Waals surface area contributed by atoms with Gasteiger partial charge in [0.25, 0.3) is 0 Å². The van der Waals surface area contributed by atoms with Crippen LogP contribution in [0.1, 0.15) is 30.5 Å². The van der Waals surface area contributed by atoms with Crippen molar-refractivity contribution in [3.63, 3.8) is 0 Å². The third-order valence-corrected chi connectivity index (χ3v) is 4.93. The second-order valence-electron chi connectivity index (χ2n) is 6.05. The molecular weight excluding hydrogens is 372 g/mol. The summed E-state index contributed by atoms with van der Waals surface area (Å²) in [6, 6.07) is 15.4. The molecule has 0 aromatic heterocycles. The topological polar surface area (TPSA) is 71.3 Å². The highest BCUT2D eigenvalue weighted by atomic mass is 32.2. The summed E-state index contributed by atoms with van der Waals surface area (Å²) < 4.78 is 11.2. The van der Waals surface area contributed by atoms with Crippen molar-refractivity contribution >= 4 is 17.7 Å². The number of hydrogen-bond acceptors (Lipinski definition) is 5. The van der Waals surface area contributed by atoms with Crippen LogP contribution in [0, 0.1) is 11.3 Å². The van der Waals surface area contributed by atoms with Crippen LogP contribution in [-0.2, 0) is 17.0 Å². The molecule has 2 aromatic rings. The molecule has 0 atom stereocenters. The first-order valence-corrected chi connectivity index (χ1v) is 10.5. The fourth-order valence-electron chi connectivity index (χ4n) is 2.59. The summed E-state index contributed by atoms with van der Waals surface area (Å²) in [6.45, 7) is 5.64. The molecule has 1 amide bonds. The summed E-state index contributed by atoms with van der Waals surface area (Å²) in [5.74, 6) is 2.67. The number of hydrogen-bond donors (Lipinski definition) is 1. The molecule has 0 aliphatic heterocycles. The number of benzene rings is 2. The number of rotatable bonds is 11. The van der Waals surface area contributed by atoms with E-state index in [9.17, 15) is 4.79 Å². The van der Waals surface area contributed by atoms with Gasteiger partial charge in [0, 0.05) is 12.3 Å². The Labute approximate surface area is 171 Å². The second kappa shape index (κ2) is 11.9. The van der Waals surface area contributed by atoms with Crippen LogP contribution < -0.4 is 14.8 Å². The maximum absolute atomic E-state index is 12.0. The van der Waals surface area contributed by atoms with E-state index in [2.05, 4.69) is 11.4 Å². The van der Waals surface area contributed by atoms with Crippen LogP contribution in [-0.4, -0.2) is 31.4 Å². The Hall–Kier alpha value is -2.65. The summed E-state index contributed by atoms with van der Waals surface area (Å²) in [4.78, 5) is 12.0. The van der Waals surface area contributed by atoms with Crippen molar-refractivity contribution in [3.05, 3.63) is 59.2 Å². The zero-order valence-electron chi connectivity index (χ0n) is 16.4. The molecule has 0 fully saturated rings. The van der Waals surface area contributed by atoms with Crippen molar-refractivity contribution in [3.8, 4) is 17.6 Å². The molecule has 148 valence electrons. The van der Waals surface area contributed by atoms with E-state index in [1.165, 1.54) is 0 Å². The van der Waals surface area contributed by atoms with Crippen LogP contribution in [0.2, 0.25) is 0 Å². The van der Waals surface area contributed by atoms with Crippen LogP contribution in [0.25, 0.3) is 0 Å². The summed E-state index contributed by atoms with van der Waals surface area (Å²) in [5, 5.41) is 11.8. The number of carbonyl (C=O) groups is 1. The molecule has 0 radical (unpaired) electrons. The van der Waals surface area contributed by atoms with Crippen LogP contribution in [0.3, 0.4) is 0 Å². The largest absolute Gasteiger partial charge is 0.490 e. The molecule has 2 aromatic carbocycles. The molecule has 0 spiro atoms. The third kappa shape index (κ3) is 7.16. The van der Waals surface area contributed by atoms with Gasteiger partial charge in [-0.1, -0.05) is 18.2 Å². The zero-order chi connectivity index (χ0) is 20.2. The highest BCUT2D eigenvalue weighted by Gasteiger charge is 2.07. The van der Waals surface area contributed by atoms with Gasteiger partial charge >= 0.3 is 0 Å². The maximum atomic E-state index is 12.0. The van der Waals surface area contributed by atoms with Gasteiger partial charge in [0.15, 0.2) is 11.5 Å². The molecule has 0 heterocycles. The van der Waals surface area contributed by atoms with Crippen molar-refractivity contribution in [2.75, 3.05) is 25.5 Å². The molecule has 2 rings (SSSR count). The predicted octanol–water partition coefficient (Wildman–Crippen LogP) is 3.95. The van der Waals surface area contributed by atoms with Gasteiger partial charge in [0.1, 0.15) is 0 Å². The van der Waals surface area contributed by atoms with E-state index in [0.717, 1.165) is 34.8 Å². The monoisotopic (exact) mass is 398 g/mol. The normalized spacial score (nSPS) is 10.2. The lowest BCUT2D eigenvalue weighted by Crippen LogP contribution is -2.27. The highest BCUT2D eigenvalue weighted by Crippen LogP contribution is 2.28. The van der Waals surface area contributed by atoms with Crippen LogP contribution in [0.15, 0.2) is 42.5 Å². The first-order valence-electron chi connectivity index (χ1n) is 9.38. The van der Waals surface area contributed by atoms with Gasteiger partial charge in [0.2, 0.25) is 5.91 Å². The molecule has 0 saturated carbocycles. The SMILES string of the molecule is CCOc1ccc(CCNC(=O)CSCc2ccc(C#N)cc2)cc1OCC. The Morgan fingerprint density at radius 1 is 1.04 bits per heavy atom. The summed E-state index contributed by atoms with van der Waals surface area (Å²) in [6.07, 6.45) is 0.735. The molecule has 0 unspecified atom stereocenters. The second-order valence-corrected chi connectivity index (χ2v) is 7.03. The Bertz CT molecular complexity index is 800. The molecule has 5 nitrogen and oxygen atoms in total. The Balaban J connectivity index is 1.72.